The lowest BCUT2D eigenvalue weighted by atomic mass is 10.1. The Labute approximate surface area is 92.4 Å². The van der Waals surface area contributed by atoms with E-state index in [4.69, 9.17) is 10.5 Å². The number of benzene rings is 1. The minimum Gasteiger partial charge on any atom is -0.374 e. The third-order valence-electron chi connectivity index (χ3n) is 2.71. The second kappa shape index (κ2) is 5.89. The van der Waals surface area contributed by atoms with E-state index in [9.17, 15) is 0 Å². The van der Waals surface area contributed by atoms with E-state index in [1.807, 2.05) is 0 Å². The second-order valence-electron chi connectivity index (χ2n) is 4.28. The normalized spacial score (nSPS) is 13.1. The van der Waals surface area contributed by atoms with Crippen molar-refractivity contribution in [1.82, 2.24) is 0 Å². The molecule has 2 N–H and O–H groups in total. The van der Waals surface area contributed by atoms with Gasteiger partial charge >= 0.3 is 0 Å². The molecule has 2 heteroatoms. The van der Waals surface area contributed by atoms with Crippen LogP contribution in [0.2, 0.25) is 0 Å². The third-order valence-corrected chi connectivity index (χ3v) is 2.71. The van der Waals surface area contributed by atoms with Crippen molar-refractivity contribution in [3.63, 3.8) is 0 Å². The molecule has 0 bridgehead atoms. The first-order chi connectivity index (χ1) is 7.13. The molecule has 0 aliphatic carbocycles. The monoisotopic (exact) mass is 207 g/mol. The maximum atomic E-state index is 5.73. The molecule has 0 aliphatic rings. The molecular formula is C13H21NO. The number of hydrogen-bond donors (Lipinski definition) is 1. The van der Waals surface area contributed by atoms with Gasteiger partial charge in [0.2, 0.25) is 0 Å². The molecule has 1 rings (SSSR count). The van der Waals surface area contributed by atoms with Gasteiger partial charge < -0.3 is 10.5 Å². The van der Waals surface area contributed by atoms with Gasteiger partial charge in [-0.1, -0.05) is 38.1 Å². The van der Waals surface area contributed by atoms with Crippen LogP contribution in [0, 0.1) is 5.92 Å². The summed E-state index contributed by atoms with van der Waals surface area (Å²) in [6, 6.07) is 8.27. The molecule has 15 heavy (non-hydrogen) atoms. The van der Waals surface area contributed by atoms with Gasteiger partial charge in [0.25, 0.3) is 0 Å². The summed E-state index contributed by atoms with van der Waals surface area (Å²) in [7, 11) is 0. The van der Waals surface area contributed by atoms with Crippen molar-refractivity contribution in [3.8, 4) is 0 Å². The summed E-state index contributed by atoms with van der Waals surface area (Å²) < 4.78 is 5.73. The Morgan fingerprint density at radius 3 is 2.07 bits per heavy atom. The van der Waals surface area contributed by atoms with E-state index in [-0.39, 0.29) is 0 Å². The van der Waals surface area contributed by atoms with E-state index in [1.165, 1.54) is 5.56 Å². The average molecular weight is 207 g/mol. The highest BCUT2D eigenvalue weighted by Gasteiger charge is 2.06. The lowest BCUT2D eigenvalue weighted by molar-refractivity contribution is 0.0235. The van der Waals surface area contributed by atoms with Gasteiger partial charge in [0.15, 0.2) is 0 Å². The summed E-state index contributed by atoms with van der Waals surface area (Å²) in [6.45, 7) is 7.73. The van der Waals surface area contributed by atoms with Crippen LogP contribution < -0.4 is 5.73 Å². The van der Waals surface area contributed by atoms with Gasteiger partial charge in [0, 0.05) is 6.54 Å². The lowest BCUT2D eigenvalue weighted by Crippen LogP contribution is -2.15. The van der Waals surface area contributed by atoms with Crippen LogP contribution in [0.1, 0.15) is 31.9 Å². The zero-order chi connectivity index (χ0) is 11.3. The highest BCUT2D eigenvalue weighted by atomic mass is 16.5. The summed E-state index contributed by atoms with van der Waals surface area (Å²) in [5, 5.41) is 0. The third kappa shape index (κ3) is 4.02. The van der Waals surface area contributed by atoms with Crippen LogP contribution in [-0.2, 0) is 17.9 Å². The molecule has 84 valence electrons. The van der Waals surface area contributed by atoms with Gasteiger partial charge in [-0.05, 0) is 24.0 Å². The maximum absolute atomic E-state index is 5.73. The molecule has 0 heterocycles. The van der Waals surface area contributed by atoms with Crippen LogP contribution in [0.15, 0.2) is 24.3 Å². The Hall–Kier alpha value is -0.860. The van der Waals surface area contributed by atoms with Crippen molar-refractivity contribution in [2.45, 2.75) is 40.0 Å². The molecule has 0 saturated heterocycles. The van der Waals surface area contributed by atoms with Crippen molar-refractivity contribution < 1.29 is 4.74 Å². The minimum absolute atomic E-state index is 0.305. The van der Waals surface area contributed by atoms with Gasteiger partial charge in [-0.3, -0.25) is 0 Å². The first kappa shape index (κ1) is 12.2. The minimum atomic E-state index is 0.305. The topological polar surface area (TPSA) is 35.2 Å². The Morgan fingerprint density at radius 2 is 1.60 bits per heavy atom. The highest BCUT2D eigenvalue weighted by molar-refractivity contribution is 5.21. The summed E-state index contributed by atoms with van der Waals surface area (Å²) in [4.78, 5) is 0. The van der Waals surface area contributed by atoms with Crippen molar-refractivity contribution in [1.29, 1.82) is 0 Å². The molecule has 0 amide bonds. The molecule has 0 saturated carbocycles. The molecule has 0 aromatic heterocycles. The molecular weight excluding hydrogens is 186 g/mol. The number of rotatable bonds is 5. The van der Waals surface area contributed by atoms with Gasteiger partial charge in [-0.2, -0.15) is 0 Å². The van der Waals surface area contributed by atoms with Gasteiger partial charge in [0.1, 0.15) is 0 Å². The van der Waals surface area contributed by atoms with Crippen LogP contribution in [0.25, 0.3) is 0 Å². The molecule has 0 radical (unpaired) electrons. The SMILES string of the molecule is CC(C)C(C)OCc1ccc(CN)cc1. The van der Waals surface area contributed by atoms with E-state index in [2.05, 4.69) is 45.0 Å². The summed E-state index contributed by atoms with van der Waals surface area (Å²) in [5.41, 5.74) is 7.90. The smallest absolute Gasteiger partial charge is 0.0720 e. The van der Waals surface area contributed by atoms with E-state index in [1.54, 1.807) is 0 Å². The van der Waals surface area contributed by atoms with Crippen LogP contribution >= 0.6 is 0 Å². The molecule has 1 aromatic rings. The molecule has 1 atom stereocenters. The molecule has 1 aromatic carbocycles. The lowest BCUT2D eigenvalue weighted by Gasteiger charge is -2.16. The fourth-order valence-corrected chi connectivity index (χ4v) is 1.19. The Bertz CT molecular complexity index is 279. The predicted molar refractivity (Wildman–Crippen MR) is 63.4 cm³/mol. The number of nitrogens with two attached hydrogens (primary N) is 1. The van der Waals surface area contributed by atoms with Crippen LogP contribution in [0.4, 0.5) is 0 Å². The standard InChI is InChI=1S/C13H21NO/c1-10(2)11(3)15-9-13-6-4-12(8-14)5-7-13/h4-7,10-11H,8-9,14H2,1-3H3. The number of ether oxygens (including phenoxy) is 1. The van der Waals surface area contributed by atoms with Crippen LogP contribution in [-0.4, -0.2) is 6.10 Å². The molecule has 0 aliphatic heterocycles. The molecule has 2 nitrogen and oxygen atoms in total. The van der Waals surface area contributed by atoms with Crippen molar-refractivity contribution in [2.75, 3.05) is 0 Å². The zero-order valence-electron chi connectivity index (χ0n) is 9.86. The van der Waals surface area contributed by atoms with Gasteiger partial charge in [-0.15, -0.1) is 0 Å². The largest absolute Gasteiger partial charge is 0.374 e. The van der Waals surface area contributed by atoms with E-state index in [0.717, 1.165) is 5.56 Å². The predicted octanol–water partition coefficient (Wildman–Crippen LogP) is 2.71. The van der Waals surface area contributed by atoms with Crippen molar-refractivity contribution in [2.24, 2.45) is 11.7 Å². The van der Waals surface area contributed by atoms with Crippen molar-refractivity contribution in [3.05, 3.63) is 35.4 Å². The molecule has 0 spiro atoms. The molecule has 0 fully saturated rings. The quantitative estimate of drug-likeness (QED) is 0.805. The Kier molecular flexibility index (Phi) is 4.79. The first-order valence-electron chi connectivity index (χ1n) is 5.53. The summed E-state index contributed by atoms with van der Waals surface area (Å²) in [6.07, 6.45) is 0.305. The summed E-state index contributed by atoms with van der Waals surface area (Å²) in [5.74, 6) is 0.563. The average Bonchev–Trinajstić information content (AvgIpc) is 2.26. The van der Waals surface area contributed by atoms with E-state index < -0.39 is 0 Å². The number of hydrogen-bond acceptors (Lipinski definition) is 2. The Balaban J connectivity index is 2.44. The van der Waals surface area contributed by atoms with Gasteiger partial charge in [0.05, 0.1) is 12.7 Å². The fraction of sp³-hybridized carbons (Fsp3) is 0.538. The first-order valence-corrected chi connectivity index (χ1v) is 5.53. The highest BCUT2D eigenvalue weighted by Crippen LogP contribution is 2.10. The van der Waals surface area contributed by atoms with Crippen molar-refractivity contribution >= 4 is 0 Å². The molecule has 1 unspecified atom stereocenters. The van der Waals surface area contributed by atoms with E-state index in [0.29, 0.717) is 25.2 Å². The second-order valence-corrected chi connectivity index (χ2v) is 4.28. The van der Waals surface area contributed by atoms with Gasteiger partial charge in [-0.25, -0.2) is 0 Å². The zero-order valence-corrected chi connectivity index (χ0v) is 9.86. The van der Waals surface area contributed by atoms with Crippen LogP contribution in [0.5, 0.6) is 0 Å². The maximum Gasteiger partial charge on any atom is 0.0720 e. The van der Waals surface area contributed by atoms with E-state index >= 15 is 0 Å². The Morgan fingerprint density at radius 1 is 1.07 bits per heavy atom. The van der Waals surface area contributed by atoms with Crippen LogP contribution in [0.3, 0.4) is 0 Å². The summed E-state index contributed by atoms with van der Waals surface area (Å²) >= 11 is 0. The fourth-order valence-electron chi connectivity index (χ4n) is 1.19.